The first kappa shape index (κ1) is 17.7. The Hall–Kier alpha value is -1.74. The summed E-state index contributed by atoms with van der Waals surface area (Å²) < 4.78 is 25.6. The molecule has 8 nitrogen and oxygen atoms in total. The highest BCUT2D eigenvalue weighted by Crippen LogP contribution is 2.37. The van der Waals surface area contributed by atoms with Crippen LogP contribution in [0.2, 0.25) is 0 Å². The molecule has 142 valence electrons. The normalized spacial score (nSPS) is 29.1. The average molecular weight is 379 g/mol. The van der Waals surface area contributed by atoms with E-state index < -0.39 is 10.0 Å². The third-order valence-corrected chi connectivity index (χ3v) is 7.01. The van der Waals surface area contributed by atoms with Crippen molar-refractivity contribution in [2.45, 2.75) is 56.7 Å². The molecular weight excluding hydrogens is 354 g/mol. The number of anilines is 1. The van der Waals surface area contributed by atoms with Crippen LogP contribution >= 0.6 is 0 Å². The van der Waals surface area contributed by atoms with Crippen molar-refractivity contribution >= 4 is 21.9 Å². The summed E-state index contributed by atoms with van der Waals surface area (Å²) >= 11 is 0. The highest BCUT2D eigenvalue weighted by atomic mass is 32.2. The van der Waals surface area contributed by atoms with Gasteiger partial charge < -0.3 is 10.2 Å². The van der Waals surface area contributed by atoms with Crippen LogP contribution in [0.5, 0.6) is 0 Å². The van der Waals surface area contributed by atoms with Crippen LogP contribution in [0.1, 0.15) is 49.0 Å². The van der Waals surface area contributed by atoms with Crippen LogP contribution in [0.4, 0.5) is 5.95 Å². The standard InChI is InChI=1S/C17H25N5O3S/c1-26(24,25)22-13-4-5-14(22)11-12(10-13)19-16(23)15-6-7-18-17(20-15)21-8-2-3-9-21/h6-7,12-14H,2-5,8-11H2,1H3,(H,19,23). The van der Waals surface area contributed by atoms with Gasteiger partial charge in [-0.1, -0.05) is 0 Å². The molecule has 0 spiro atoms. The quantitative estimate of drug-likeness (QED) is 0.830. The number of piperidine rings is 1. The molecule has 4 rings (SSSR count). The minimum absolute atomic E-state index is 0.000361. The first-order valence-electron chi connectivity index (χ1n) is 9.29. The van der Waals surface area contributed by atoms with Gasteiger partial charge in [-0.3, -0.25) is 4.79 Å². The number of hydrogen-bond acceptors (Lipinski definition) is 6. The Labute approximate surface area is 154 Å². The van der Waals surface area contributed by atoms with Gasteiger partial charge in [0.25, 0.3) is 5.91 Å². The fourth-order valence-electron chi connectivity index (χ4n) is 4.60. The molecule has 2 atom stereocenters. The molecule has 9 heteroatoms. The fourth-order valence-corrected chi connectivity index (χ4v) is 6.06. The molecule has 1 N–H and O–H groups in total. The van der Waals surface area contributed by atoms with Crippen molar-refractivity contribution in [3.05, 3.63) is 18.0 Å². The zero-order valence-corrected chi connectivity index (χ0v) is 15.8. The minimum Gasteiger partial charge on any atom is -0.348 e. The number of nitrogens with one attached hydrogen (secondary N) is 1. The lowest BCUT2D eigenvalue weighted by atomic mass is 9.99. The van der Waals surface area contributed by atoms with Crippen molar-refractivity contribution in [2.75, 3.05) is 24.2 Å². The van der Waals surface area contributed by atoms with Gasteiger partial charge in [-0.05, 0) is 44.6 Å². The fraction of sp³-hybridized carbons (Fsp3) is 0.706. The molecule has 3 aliphatic rings. The molecule has 3 aliphatic heterocycles. The molecule has 3 saturated heterocycles. The number of rotatable bonds is 4. The zero-order valence-electron chi connectivity index (χ0n) is 15.0. The van der Waals surface area contributed by atoms with E-state index in [9.17, 15) is 13.2 Å². The Balaban J connectivity index is 1.42. The third kappa shape index (κ3) is 3.42. The molecule has 0 aromatic carbocycles. The lowest BCUT2D eigenvalue weighted by Gasteiger charge is -2.37. The maximum Gasteiger partial charge on any atom is 0.270 e. The lowest BCUT2D eigenvalue weighted by molar-refractivity contribution is 0.0904. The molecule has 26 heavy (non-hydrogen) atoms. The van der Waals surface area contributed by atoms with Crippen molar-refractivity contribution in [3.8, 4) is 0 Å². The maximum atomic E-state index is 12.6. The van der Waals surface area contributed by atoms with Crippen LogP contribution in [0, 0.1) is 0 Å². The van der Waals surface area contributed by atoms with Gasteiger partial charge in [0.2, 0.25) is 16.0 Å². The highest BCUT2D eigenvalue weighted by Gasteiger charge is 2.45. The number of fused-ring (bicyclic) bond motifs is 2. The van der Waals surface area contributed by atoms with E-state index in [4.69, 9.17) is 0 Å². The summed E-state index contributed by atoms with van der Waals surface area (Å²) in [7, 11) is -3.19. The number of carbonyl (C=O) groups excluding carboxylic acids is 1. The van der Waals surface area contributed by atoms with Gasteiger partial charge in [-0.25, -0.2) is 18.4 Å². The number of aromatic nitrogens is 2. The predicted octanol–water partition coefficient (Wildman–Crippen LogP) is 0.762. The molecule has 4 heterocycles. The smallest absolute Gasteiger partial charge is 0.270 e. The van der Waals surface area contributed by atoms with Gasteiger partial charge in [0.1, 0.15) is 5.69 Å². The molecule has 2 unspecified atom stereocenters. The van der Waals surface area contributed by atoms with Crippen molar-refractivity contribution in [1.82, 2.24) is 19.6 Å². The van der Waals surface area contributed by atoms with Crippen molar-refractivity contribution in [1.29, 1.82) is 0 Å². The maximum absolute atomic E-state index is 12.6. The zero-order chi connectivity index (χ0) is 18.3. The van der Waals surface area contributed by atoms with E-state index in [1.807, 2.05) is 0 Å². The third-order valence-electron chi connectivity index (χ3n) is 5.65. The second kappa shape index (κ2) is 6.77. The summed E-state index contributed by atoms with van der Waals surface area (Å²) in [6.45, 7) is 1.86. The molecule has 3 fully saturated rings. The second-order valence-electron chi connectivity index (χ2n) is 7.56. The van der Waals surface area contributed by atoms with E-state index in [1.54, 1.807) is 16.6 Å². The number of nitrogens with zero attached hydrogens (tertiary/aromatic N) is 4. The lowest BCUT2D eigenvalue weighted by Crippen LogP contribution is -2.52. The molecule has 0 aliphatic carbocycles. The number of carbonyl (C=O) groups is 1. The van der Waals surface area contributed by atoms with Gasteiger partial charge in [-0.2, -0.15) is 4.31 Å². The molecular formula is C17H25N5O3S. The van der Waals surface area contributed by atoms with Gasteiger partial charge in [0.05, 0.1) is 6.26 Å². The second-order valence-corrected chi connectivity index (χ2v) is 9.44. The number of amides is 1. The van der Waals surface area contributed by atoms with E-state index in [-0.39, 0.29) is 24.0 Å². The van der Waals surface area contributed by atoms with Gasteiger partial charge in [0, 0.05) is 37.4 Å². The Morgan fingerprint density at radius 2 is 1.85 bits per heavy atom. The van der Waals surface area contributed by atoms with Crippen molar-refractivity contribution in [3.63, 3.8) is 0 Å². The summed E-state index contributed by atoms with van der Waals surface area (Å²) in [6.07, 6.45) is 8.23. The Bertz CT molecular complexity index is 779. The van der Waals surface area contributed by atoms with Crippen LogP contribution in [0.15, 0.2) is 12.3 Å². The number of hydrogen-bond donors (Lipinski definition) is 1. The first-order chi connectivity index (χ1) is 12.4. The van der Waals surface area contributed by atoms with Crippen LogP contribution in [-0.2, 0) is 10.0 Å². The van der Waals surface area contributed by atoms with Crippen LogP contribution in [0.25, 0.3) is 0 Å². The molecule has 2 bridgehead atoms. The van der Waals surface area contributed by atoms with Crippen LogP contribution in [0.3, 0.4) is 0 Å². The van der Waals surface area contributed by atoms with Crippen molar-refractivity contribution in [2.24, 2.45) is 0 Å². The highest BCUT2D eigenvalue weighted by molar-refractivity contribution is 7.88. The van der Waals surface area contributed by atoms with Gasteiger partial charge in [0.15, 0.2) is 0 Å². The Morgan fingerprint density at radius 1 is 1.19 bits per heavy atom. The van der Waals surface area contributed by atoms with E-state index in [0.717, 1.165) is 38.8 Å². The van der Waals surface area contributed by atoms with Gasteiger partial charge >= 0.3 is 0 Å². The number of sulfonamides is 1. The van der Waals surface area contributed by atoms with Crippen LogP contribution < -0.4 is 10.2 Å². The van der Waals surface area contributed by atoms with E-state index in [0.29, 0.717) is 24.5 Å². The molecule has 0 saturated carbocycles. The monoisotopic (exact) mass is 379 g/mol. The summed E-state index contributed by atoms with van der Waals surface area (Å²) in [4.78, 5) is 23.4. The molecule has 1 aromatic rings. The molecule has 1 amide bonds. The van der Waals surface area contributed by atoms with Crippen LogP contribution in [-0.4, -0.2) is 66.1 Å². The summed E-state index contributed by atoms with van der Waals surface area (Å²) in [5.41, 5.74) is 0.375. The predicted molar refractivity (Wildman–Crippen MR) is 97.5 cm³/mol. The topological polar surface area (TPSA) is 95.5 Å². The Kier molecular flexibility index (Phi) is 4.60. The summed E-state index contributed by atoms with van der Waals surface area (Å²) in [5, 5.41) is 3.06. The first-order valence-corrected chi connectivity index (χ1v) is 11.1. The SMILES string of the molecule is CS(=O)(=O)N1C2CCC1CC(NC(=O)c1ccnc(N3CCCC3)n1)C2. The largest absolute Gasteiger partial charge is 0.348 e. The molecule has 0 radical (unpaired) electrons. The molecule has 1 aromatic heterocycles. The van der Waals surface area contributed by atoms with E-state index >= 15 is 0 Å². The Morgan fingerprint density at radius 3 is 2.46 bits per heavy atom. The summed E-state index contributed by atoms with van der Waals surface area (Å²) in [5.74, 6) is 0.409. The van der Waals surface area contributed by atoms with Gasteiger partial charge in [-0.15, -0.1) is 0 Å². The summed E-state index contributed by atoms with van der Waals surface area (Å²) in [6, 6.07) is 1.62. The minimum atomic E-state index is -3.19. The van der Waals surface area contributed by atoms with E-state index in [2.05, 4.69) is 20.2 Å². The van der Waals surface area contributed by atoms with E-state index in [1.165, 1.54) is 6.26 Å². The van der Waals surface area contributed by atoms with Crippen molar-refractivity contribution < 1.29 is 13.2 Å². The average Bonchev–Trinajstić information content (AvgIpc) is 3.22.